The zero-order valence-electron chi connectivity index (χ0n) is 12.7. The summed E-state index contributed by atoms with van der Waals surface area (Å²) in [7, 11) is -4.39. The molecule has 0 saturated heterocycles. The van der Waals surface area contributed by atoms with Crippen LogP contribution in [0.5, 0.6) is 5.75 Å². The van der Waals surface area contributed by atoms with Crippen molar-refractivity contribution in [2.45, 2.75) is 4.90 Å². The summed E-state index contributed by atoms with van der Waals surface area (Å²) >= 11 is 6.37. The van der Waals surface area contributed by atoms with Crippen LogP contribution in [-0.2, 0) is 10.1 Å². The average Bonchev–Trinajstić information content (AvgIpc) is 2.57. The Balaban J connectivity index is 2.10. The number of carbonyl (C=O) groups is 1. The molecule has 0 radical (unpaired) electrons. The topological polar surface area (TPSA) is 80.7 Å². The van der Waals surface area contributed by atoms with Crippen molar-refractivity contribution in [2.24, 2.45) is 0 Å². The standard InChI is InChI=1S/C17H9I3O5S/c18-9-7-12(16(20)13(19)8-9)17(21)25-14-5-6-15(26(22,23)24)11-4-2-1-3-10(11)14/h1-8H,(H,22,23,24). The van der Waals surface area contributed by atoms with Gasteiger partial charge in [0.05, 0.1) is 5.56 Å². The van der Waals surface area contributed by atoms with Gasteiger partial charge >= 0.3 is 5.97 Å². The van der Waals surface area contributed by atoms with Crippen molar-refractivity contribution in [2.75, 3.05) is 0 Å². The van der Waals surface area contributed by atoms with Gasteiger partial charge in [-0.2, -0.15) is 8.42 Å². The molecule has 0 aliphatic heterocycles. The Bertz CT molecular complexity index is 1140. The third-order valence-corrected chi connectivity index (χ3v) is 8.12. The van der Waals surface area contributed by atoms with Crippen LogP contribution in [0, 0.1) is 10.7 Å². The second-order valence-electron chi connectivity index (χ2n) is 5.22. The van der Waals surface area contributed by atoms with Gasteiger partial charge in [0.25, 0.3) is 10.1 Å². The Kier molecular flexibility index (Phi) is 6.11. The Morgan fingerprint density at radius 2 is 1.62 bits per heavy atom. The maximum Gasteiger partial charge on any atom is 0.344 e. The lowest BCUT2D eigenvalue weighted by Gasteiger charge is -2.12. The minimum atomic E-state index is -4.39. The minimum absolute atomic E-state index is 0.225. The summed E-state index contributed by atoms with van der Waals surface area (Å²) in [6, 6.07) is 12.8. The highest BCUT2D eigenvalue weighted by Gasteiger charge is 2.20. The number of esters is 1. The van der Waals surface area contributed by atoms with Gasteiger partial charge in [-0.1, -0.05) is 24.3 Å². The van der Waals surface area contributed by atoms with Gasteiger partial charge in [0.1, 0.15) is 10.6 Å². The predicted octanol–water partition coefficient (Wildman–Crippen LogP) is 5.12. The van der Waals surface area contributed by atoms with Gasteiger partial charge in [0, 0.05) is 21.5 Å². The van der Waals surface area contributed by atoms with Gasteiger partial charge in [0.2, 0.25) is 0 Å². The highest BCUT2D eigenvalue weighted by Crippen LogP contribution is 2.32. The van der Waals surface area contributed by atoms with E-state index >= 15 is 0 Å². The van der Waals surface area contributed by atoms with Crippen LogP contribution in [0.1, 0.15) is 10.4 Å². The predicted molar refractivity (Wildman–Crippen MR) is 123 cm³/mol. The Morgan fingerprint density at radius 3 is 2.27 bits per heavy atom. The van der Waals surface area contributed by atoms with Crippen molar-refractivity contribution < 1.29 is 22.5 Å². The Morgan fingerprint density at radius 1 is 0.962 bits per heavy atom. The van der Waals surface area contributed by atoms with Crippen molar-refractivity contribution in [3.63, 3.8) is 0 Å². The average molecular weight is 706 g/mol. The molecule has 0 unspecified atom stereocenters. The van der Waals surface area contributed by atoms with Crippen LogP contribution in [0.15, 0.2) is 53.4 Å². The highest BCUT2D eigenvalue weighted by atomic mass is 127. The molecule has 0 fully saturated rings. The molecular formula is C17H9I3O5S. The fourth-order valence-electron chi connectivity index (χ4n) is 2.42. The summed E-state index contributed by atoms with van der Waals surface area (Å²) in [6.07, 6.45) is 0. The van der Waals surface area contributed by atoms with Gasteiger partial charge in [0.15, 0.2) is 0 Å². The van der Waals surface area contributed by atoms with E-state index in [4.69, 9.17) is 4.74 Å². The van der Waals surface area contributed by atoms with Crippen molar-refractivity contribution in [1.82, 2.24) is 0 Å². The molecular weight excluding hydrogens is 697 g/mol. The summed E-state index contributed by atoms with van der Waals surface area (Å²) in [6.45, 7) is 0. The van der Waals surface area contributed by atoms with E-state index in [-0.39, 0.29) is 16.0 Å². The molecule has 0 aromatic heterocycles. The molecule has 0 bridgehead atoms. The first-order valence-corrected chi connectivity index (χ1v) is 11.7. The number of hydrogen-bond donors (Lipinski definition) is 1. The molecule has 3 aromatic carbocycles. The maximum atomic E-state index is 12.7. The number of hydrogen-bond acceptors (Lipinski definition) is 4. The number of carbonyl (C=O) groups excluding carboxylic acids is 1. The van der Waals surface area contributed by atoms with Gasteiger partial charge in [-0.25, -0.2) is 4.79 Å². The van der Waals surface area contributed by atoms with E-state index in [1.165, 1.54) is 12.1 Å². The quantitative estimate of drug-likeness (QED) is 0.135. The second-order valence-corrected chi connectivity index (χ2v) is 10.1. The van der Waals surface area contributed by atoms with E-state index in [9.17, 15) is 17.8 Å². The molecule has 0 aliphatic carbocycles. The summed E-state index contributed by atoms with van der Waals surface area (Å²) in [5.41, 5.74) is 0.435. The van der Waals surface area contributed by atoms with E-state index in [1.807, 2.05) is 6.07 Å². The first-order chi connectivity index (χ1) is 12.2. The van der Waals surface area contributed by atoms with E-state index in [0.29, 0.717) is 10.9 Å². The number of halogens is 3. The van der Waals surface area contributed by atoms with E-state index in [1.54, 1.807) is 30.3 Å². The fourth-order valence-corrected chi connectivity index (χ4v) is 5.49. The van der Waals surface area contributed by atoms with Gasteiger partial charge in [-0.3, -0.25) is 4.55 Å². The number of ether oxygens (including phenoxy) is 1. The van der Waals surface area contributed by atoms with Crippen LogP contribution in [0.2, 0.25) is 0 Å². The molecule has 134 valence electrons. The Hall–Kier alpha value is -0.510. The smallest absolute Gasteiger partial charge is 0.344 e. The first kappa shape index (κ1) is 20.2. The van der Waals surface area contributed by atoms with Crippen molar-refractivity contribution in [3.8, 4) is 5.75 Å². The molecule has 3 aromatic rings. The monoisotopic (exact) mass is 706 g/mol. The lowest BCUT2D eigenvalue weighted by atomic mass is 10.1. The van der Waals surface area contributed by atoms with Crippen LogP contribution >= 0.6 is 67.8 Å². The first-order valence-electron chi connectivity index (χ1n) is 7.04. The van der Waals surface area contributed by atoms with Crippen molar-refractivity contribution >= 4 is 94.6 Å². The largest absolute Gasteiger partial charge is 0.422 e. The van der Waals surface area contributed by atoms with E-state index < -0.39 is 16.1 Å². The van der Waals surface area contributed by atoms with Gasteiger partial charge in [-0.05, 0) is 92.0 Å². The molecule has 5 nitrogen and oxygen atoms in total. The van der Waals surface area contributed by atoms with Gasteiger partial charge < -0.3 is 4.74 Å². The molecule has 3 rings (SSSR count). The maximum absolute atomic E-state index is 12.7. The van der Waals surface area contributed by atoms with Gasteiger partial charge in [-0.15, -0.1) is 0 Å². The van der Waals surface area contributed by atoms with Crippen LogP contribution in [0.3, 0.4) is 0 Å². The molecule has 1 N–H and O–H groups in total. The Labute approximate surface area is 190 Å². The zero-order valence-corrected chi connectivity index (χ0v) is 20.0. The van der Waals surface area contributed by atoms with Crippen LogP contribution in [0.25, 0.3) is 10.8 Å². The molecule has 0 heterocycles. The summed E-state index contributed by atoms with van der Waals surface area (Å²) in [5, 5.41) is 0.707. The fraction of sp³-hybridized carbons (Fsp3) is 0. The SMILES string of the molecule is O=C(Oc1ccc(S(=O)(=O)O)c2ccccc12)c1cc(I)cc(I)c1I. The number of benzene rings is 3. The highest BCUT2D eigenvalue weighted by molar-refractivity contribution is 14.1. The molecule has 0 atom stereocenters. The third kappa shape index (κ3) is 4.15. The summed E-state index contributed by atoms with van der Waals surface area (Å²) < 4.78 is 40.7. The lowest BCUT2D eigenvalue weighted by Crippen LogP contribution is -2.12. The van der Waals surface area contributed by atoms with Crippen molar-refractivity contribution in [3.05, 3.63) is 64.8 Å². The molecule has 0 spiro atoms. The minimum Gasteiger partial charge on any atom is -0.422 e. The molecule has 26 heavy (non-hydrogen) atoms. The number of rotatable bonds is 3. The zero-order chi connectivity index (χ0) is 19.1. The summed E-state index contributed by atoms with van der Waals surface area (Å²) in [4.78, 5) is 12.4. The lowest BCUT2D eigenvalue weighted by molar-refractivity contribution is 0.0735. The summed E-state index contributed by atoms with van der Waals surface area (Å²) in [5.74, 6) is -0.307. The van der Waals surface area contributed by atoms with Crippen LogP contribution in [0.4, 0.5) is 0 Å². The van der Waals surface area contributed by atoms with Crippen molar-refractivity contribution in [1.29, 1.82) is 0 Å². The van der Waals surface area contributed by atoms with E-state index in [2.05, 4.69) is 67.8 Å². The van der Waals surface area contributed by atoms with Crippen LogP contribution < -0.4 is 4.74 Å². The molecule has 0 amide bonds. The second kappa shape index (κ2) is 7.85. The normalized spacial score (nSPS) is 11.5. The number of fused-ring (bicyclic) bond motifs is 1. The third-order valence-electron chi connectivity index (χ3n) is 3.54. The molecule has 9 heteroatoms. The molecule has 0 saturated carbocycles. The molecule has 0 aliphatic rings. The van der Waals surface area contributed by atoms with E-state index in [0.717, 1.165) is 10.7 Å². The van der Waals surface area contributed by atoms with Crippen LogP contribution in [-0.4, -0.2) is 18.9 Å².